The Morgan fingerprint density at radius 1 is 0.897 bits per heavy atom. The molecule has 0 saturated heterocycles. The molecule has 4 rings (SSSR count). The third kappa shape index (κ3) is 3.47. The summed E-state index contributed by atoms with van der Waals surface area (Å²) in [5, 5.41) is 12.8. The van der Waals surface area contributed by atoms with E-state index in [1.54, 1.807) is 0 Å². The van der Waals surface area contributed by atoms with Crippen LogP contribution in [0.25, 0.3) is 28.3 Å². The zero-order chi connectivity index (χ0) is 20.6. The van der Waals surface area contributed by atoms with Crippen molar-refractivity contribution in [2.24, 2.45) is 5.41 Å². The smallest absolute Gasteiger partial charge is 0.297 e. The average Bonchev–Trinajstić information content (AvgIpc) is 3.03. The molecule has 2 heterocycles. The van der Waals surface area contributed by atoms with E-state index in [9.17, 15) is 9.59 Å². The molecular weight excluding hydrogens is 366 g/mol. The highest BCUT2D eigenvalue weighted by Crippen LogP contribution is 2.29. The zero-order valence-corrected chi connectivity index (χ0v) is 16.5. The van der Waals surface area contributed by atoms with Gasteiger partial charge in [-0.2, -0.15) is 0 Å². The first kappa shape index (κ1) is 18.7. The molecule has 4 aromatic rings. The van der Waals surface area contributed by atoms with Crippen LogP contribution in [0.1, 0.15) is 20.8 Å². The Balaban J connectivity index is 1.99. The number of carbonyl (C=O) groups excluding carboxylic acids is 1. The monoisotopic (exact) mass is 387 g/mol. The van der Waals surface area contributed by atoms with Crippen molar-refractivity contribution in [1.82, 2.24) is 24.4 Å². The van der Waals surface area contributed by atoms with Gasteiger partial charge in [0.15, 0.2) is 5.78 Å². The van der Waals surface area contributed by atoms with Gasteiger partial charge in [-0.1, -0.05) is 81.4 Å². The maximum Gasteiger partial charge on any atom is 0.352 e. The molecule has 0 bridgehead atoms. The van der Waals surface area contributed by atoms with Gasteiger partial charge >= 0.3 is 5.69 Å². The molecule has 7 heteroatoms. The van der Waals surface area contributed by atoms with Crippen LogP contribution in [0.4, 0.5) is 0 Å². The Hall–Kier alpha value is -3.61. The highest BCUT2D eigenvalue weighted by atomic mass is 16.2. The molecular formula is C22H21N5O2. The number of carbonyl (C=O) groups is 1. The van der Waals surface area contributed by atoms with Gasteiger partial charge in [-0.15, -0.1) is 15.3 Å². The molecule has 0 radical (unpaired) electrons. The quantitative estimate of drug-likeness (QED) is 0.537. The number of rotatable bonds is 4. The fraction of sp³-hybridized carbons (Fsp3) is 0.227. The maximum atomic E-state index is 13.2. The molecule has 2 aromatic carbocycles. The summed E-state index contributed by atoms with van der Waals surface area (Å²) in [5.74, 6) is 0.0794. The molecule has 0 aliphatic heterocycles. The second kappa shape index (κ2) is 7.09. The van der Waals surface area contributed by atoms with Crippen molar-refractivity contribution in [2.75, 3.05) is 0 Å². The first-order chi connectivity index (χ1) is 13.9. The van der Waals surface area contributed by atoms with E-state index in [1.165, 1.54) is 9.08 Å². The summed E-state index contributed by atoms with van der Waals surface area (Å²) in [6.45, 7) is 5.34. The molecule has 0 spiro atoms. The van der Waals surface area contributed by atoms with Crippen LogP contribution in [0.15, 0.2) is 65.5 Å². The van der Waals surface area contributed by atoms with Crippen LogP contribution in [0.5, 0.6) is 0 Å². The van der Waals surface area contributed by atoms with E-state index in [-0.39, 0.29) is 18.1 Å². The number of benzene rings is 2. The minimum atomic E-state index is -0.571. The number of hydrogen-bond donors (Lipinski definition) is 0. The summed E-state index contributed by atoms with van der Waals surface area (Å²) in [4.78, 5) is 25.7. The van der Waals surface area contributed by atoms with Crippen molar-refractivity contribution in [3.63, 3.8) is 0 Å². The van der Waals surface area contributed by atoms with Gasteiger partial charge in [0.2, 0.25) is 0 Å². The lowest BCUT2D eigenvalue weighted by molar-refractivity contribution is -0.127. The molecule has 7 nitrogen and oxygen atoms in total. The molecule has 0 aliphatic rings. The minimum Gasteiger partial charge on any atom is -0.297 e. The number of aromatic nitrogens is 5. The molecule has 0 N–H and O–H groups in total. The normalized spacial score (nSPS) is 11.7. The standard InChI is InChI=1S/C22H21N5O2/c1-22(2,3)17(28)14-26-21(29)27-19(16-12-8-5-9-13-16)18(23-24-20(27)25-26)15-10-6-4-7-11-15/h4-13H,14H2,1-3H3. The predicted molar refractivity (Wildman–Crippen MR) is 110 cm³/mol. The number of Topliss-reactive ketones (excluding diaryl/α,β-unsaturated/α-hetero) is 1. The van der Waals surface area contributed by atoms with E-state index in [0.717, 1.165) is 11.1 Å². The van der Waals surface area contributed by atoms with Crippen LogP contribution in [0.3, 0.4) is 0 Å². The first-order valence-electron chi connectivity index (χ1n) is 9.36. The first-order valence-corrected chi connectivity index (χ1v) is 9.36. The van der Waals surface area contributed by atoms with Gasteiger partial charge in [-0.25, -0.2) is 13.9 Å². The Kier molecular flexibility index (Phi) is 4.58. The van der Waals surface area contributed by atoms with Crippen molar-refractivity contribution in [3.05, 3.63) is 71.1 Å². The molecule has 0 unspecified atom stereocenters. The average molecular weight is 387 g/mol. The number of fused-ring (bicyclic) bond motifs is 1. The second-order valence-corrected chi connectivity index (χ2v) is 7.88. The fourth-order valence-corrected chi connectivity index (χ4v) is 3.03. The summed E-state index contributed by atoms with van der Waals surface area (Å²) >= 11 is 0. The summed E-state index contributed by atoms with van der Waals surface area (Å²) in [5.41, 5.74) is 1.84. The lowest BCUT2D eigenvalue weighted by Gasteiger charge is -2.15. The Labute approximate surface area is 167 Å². The molecule has 0 aliphatic carbocycles. The van der Waals surface area contributed by atoms with Crippen molar-refractivity contribution in [3.8, 4) is 22.5 Å². The van der Waals surface area contributed by atoms with Crippen molar-refractivity contribution in [2.45, 2.75) is 27.3 Å². The van der Waals surface area contributed by atoms with Crippen molar-refractivity contribution in [1.29, 1.82) is 0 Å². The minimum absolute atomic E-state index is 0.0829. The molecule has 0 fully saturated rings. The Morgan fingerprint density at radius 3 is 2.07 bits per heavy atom. The lowest BCUT2D eigenvalue weighted by Crippen LogP contribution is -2.31. The van der Waals surface area contributed by atoms with E-state index in [1.807, 2.05) is 81.4 Å². The third-order valence-corrected chi connectivity index (χ3v) is 4.73. The Bertz CT molecular complexity index is 1240. The van der Waals surface area contributed by atoms with Crippen molar-refractivity contribution < 1.29 is 4.79 Å². The van der Waals surface area contributed by atoms with Crippen LogP contribution in [0.2, 0.25) is 0 Å². The second-order valence-electron chi connectivity index (χ2n) is 7.88. The maximum absolute atomic E-state index is 13.2. The summed E-state index contributed by atoms with van der Waals surface area (Å²) in [6.07, 6.45) is 0. The predicted octanol–water partition coefficient (Wildman–Crippen LogP) is 3.24. The van der Waals surface area contributed by atoms with Gasteiger partial charge in [0.1, 0.15) is 12.2 Å². The van der Waals surface area contributed by atoms with E-state index < -0.39 is 11.1 Å². The zero-order valence-electron chi connectivity index (χ0n) is 16.5. The summed E-state index contributed by atoms with van der Waals surface area (Å²) in [6, 6.07) is 19.1. The molecule has 0 amide bonds. The van der Waals surface area contributed by atoms with Crippen LogP contribution < -0.4 is 5.69 Å². The number of nitrogens with zero attached hydrogens (tertiary/aromatic N) is 5. The number of ketones is 1. The van der Waals surface area contributed by atoms with Gasteiger partial charge in [0, 0.05) is 16.5 Å². The topological polar surface area (TPSA) is 82.2 Å². The van der Waals surface area contributed by atoms with Crippen LogP contribution in [0, 0.1) is 5.41 Å². The van der Waals surface area contributed by atoms with E-state index >= 15 is 0 Å². The van der Waals surface area contributed by atoms with Gasteiger partial charge in [-0.3, -0.25) is 4.79 Å². The van der Waals surface area contributed by atoms with Crippen LogP contribution in [-0.4, -0.2) is 30.2 Å². The van der Waals surface area contributed by atoms with E-state index in [2.05, 4.69) is 15.3 Å². The summed E-state index contributed by atoms with van der Waals surface area (Å²) in [7, 11) is 0. The SMILES string of the molecule is CC(C)(C)C(=O)Cn1nc2nnc(-c3ccccc3)c(-c3ccccc3)n2c1=O. The van der Waals surface area contributed by atoms with Gasteiger partial charge in [-0.05, 0) is 0 Å². The van der Waals surface area contributed by atoms with Crippen molar-refractivity contribution >= 4 is 11.6 Å². The molecule has 29 heavy (non-hydrogen) atoms. The molecule has 2 aromatic heterocycles. The fourth-order valence-electron chi connectivity index (χ4n) is 3.03. The van der Waals surface area contributed by atoms with E-state index in [4.69, 9.17) is 0 Å². The van der Waals surface area contributed by atoms with E-state index in [0.29, 0.717) is 11.4 Å². The summed E-state index contributed by atoms with van der Waals surface area (Å²) < 4.78 is 2.60. The lowest BCUT2D eigenvalue weighted by atomic mass is 9.91. The third-order valence-electron chi connectivity index (χ3n) is 4.73. The molecule has 0 atom stereocenters. The highest BCUT2D eigenvalue weighted by molar-refractivity contribution is 5.83. The van der Waals surface area contributed by atoms with Gasteiger partial charge in [0.05, 0.1) is 5.69 Å². The highest BCUT2D eigenvalue weighted by Gasteiger charge is 2.25. The van der Waals surface area contributed by atoms with Crippen LogP contribution in [-0.2, 0) is 11.3 Å². The number of hydrogen-bond acceptors (Lipinski definition) is 5. The molecule has 146 valence electrons. The van der Waals surface area contributed by atoms with Gasteiger partial charge < -0.3 is 0 Å². The van der Waals surface area contributed by atoms with Crippen LogP contribution >= 0.6 is 0 Å². The van der Waals surface area contributed by atoms with Gasteiger partial charge in [0.25, 0.3) is 5.78 Å². The molecule has 0 saturated carbocycles. The Morgan fingerprint density at radius 2 is 1.48 bits per heavy atom. The largest absolute Gasteiger partial charge is 0.352 e.